The van der Waals surface area contributed by atoms with Crippen LogP contribution in [0, 0.1) is 5.92 Å². The van der Waals surface area contributed by atoms with Crippen LogP contribution in [0.3, 0.4) is 0 Å². The van der Waals surface area contributed by atoms with Crippen molar-refractivity contribution < 1.29 is 14.6 Å². The number of benzene rings is 1. The summed E-state index contributed by atoms with van der Waals surface area (Å²) in [5.41, 5.74) is -0.161. The molecular formula is C16H20O3. The second-order valence-electron chi connectivity index (χ2n) is 4.61. The largest absolute Gasteiger partial charge is 0.468 e. The molecule has 0 aliphatic carbocycles. The lowest BCUT2D eigenvalue weighted by Gasteiger charge is -2.27. The monoisotopic (exact) mass is 260 g/mol. The highest BCUT2D eigenvalue weighted by molar-refractivity contribution is 5.75. The van der Waals surface area contributed by atoms with Crippen molar-refractivity contribution >= 4 is 12.0 Å². The third kappa shape index (κ3) is 4.38. The molecule has 1 N–H and O–H groups in total. The molecule has 3 heteroatoms. The van der Waals surface area contributed by atoms with Crippen molar-refractivity contribution in [3.05, 3.63) is 54.6 Å². The number of esters is 1. The number of ether oxygens (including phenoxy) is 1. The number of rotatable bonds is 6. The molecule has 0 fully saturated rings. The predicted molar refractivity (Wildman–Crippen MR) is 76.4 cm³/mol. The highest BCUT2D eigenvalue weighted by atomic mass is 16.5. The molecule has 0 aliphatic rings. The molecule has 0 aliphatic heterocycles. The summed E-state index contributed by atoms with van der Waals surface area (Å²) in [7, 11) is 1.30. The van der Waals surface area contributed by atoms with Crippen molar-refractivity contribution in [3.8, 4) is 0 Å². The van der Waals surface area contributed by atoms with Crippen molar-refractivity contribution in [2.24, 2.45) is 5.92 Å². The molecule has 0 spiro atoms. The molecule has 0 bridgehead atoms. The second-order valence-corrected chi connectivity index (χ2v) is 4.61. The number of hydrogen-bond acceptors (Lipinski definition) is 3. The Labute approximate surface area is 114 Å². The number of aliphatic hydroxyl groups is 1. The molecule has 0 radical (unpaired) electrons. The van der Waals surface area contributed by atoms with Gasteiger partial charge < -0.3 is 9.84 Å². The maximum atomic E-state index is 11.5. The molecule has 19 heavy (non-hydrogen) atoms. The van der Waals surface area contributed by atoms with Gasteiger partial charge in [0.15, 0.2) is 0 Å². The number of methoxy groups -OCH3 is 1. The Morgan fingerprint density at radius 2 is 2.11 bits per heavy atom. The second kappa shape index (κ2) is 6.90. The van der Waals surface area contributed by atoms with Crippen LogP contribution >= 0.6 is 0 Å². The zero-order valence-electron chi connectivity index (χ0n) is 11.4. The minimum absolute atomic E-state index is 0.341. The first-order valence-electron chi connectivity index (χ1n) is 6.15. The van der Waals surface area contributed by atoms with Gasteiger partial charge >= 0.3 is 5.97 Å². The van der Waals surface area contributed by atoms with Crippen LogP contribution in [0.15, 0.2) is 49.1 Å². The molecule has 0 amide bonds. The Morgan fingerprint density at radius 3 is 2.63 bits per heavy atom. The number of carbonyl (C=O) groups is 1. The topological polar surface area (TPSA) is 46.5 Å². The Morgan fingerprint density at radius 1 is 1.47 bits per heavy atom. The van der Waals surface area contributed by atoms with E-state index in [1.165, 1.54) is 13.2 Å². The van der Waals surface area contributed by atoms with E-state index in [9.17, 15) is 9.90 Å². The van der Waals surface area contributed by atoms with Crippen molar-refractivity contribution in [3.63, 3.8) is 0 Å². The fraction of sp³-hybridized carbons (Fsp3) is 0.312. The molecule has 102 valence electrons. The van der Waals surface area contributed by atoms with Crippen LogP contribution in [-0.2, 0) is 9.53 Å². The average molecular weight is 260 g/mol. The van der Waals surface area contributed by atoms with E-state index in [4.69, 9.17) is 0 Å². The summed E-state index contributed by atoms with van der Waals surface area (Å²) in [5.74, 6) is -1.22. The smallest absolute Gasteiger partial charge is 0.315 e. The molecule has 1 rings (SSSR count). The summed E-state index contributed by atoms with van der Waals surface area (Å²) in [6.07, 6.45) is 5.51. The van der Waals surface area contributed by atoms with Crippen LogP contribution in [0.4, 0.5) is 0 Å². The quantitative estimate of drug-likeness (QED) is 0.632. The lowest BCUT2D eigenvalue weighted by Crippen LogP contribution is -2.38. The van der Waals surface area contributed by atoms with Crippen LogP contribution < -0.4 is 0 Å². The van der Waals surface area contributed by atoms with Crippen molar-refractivity contribution in [1.29, 1.82) is 0 Å². The first kappa shape index (κ1) is 15.2. The molecule has 0 aromatic heterocycles. The Balaban J connectivity index is 2.71. The van der Waals surface area contributed by atoms with E-state index in [1.54, 1.807) is 6.92 Å². The Hall–Kier alpha value is -1.87. The zero-order valence-corrected chi connectivity index (χ0v) is 11.4. The molecule has 2 atom stereocenters. The Kier molecular flexibility index (Phi) is 5.52. The molecule has 0 saturated heterocycles. The first-order valence-corrected chi connectivity index (χ1v) is 6.15. The maximum Gasteiger partial charge on any atom is 0.315 e. The molecular weight excluding hydrogens is 240 g/mol. The van der Waals surface area contributed by atoms with Crippen LogP contribution in [-0.4, -0.2) is 23.8 Å². The van der Waals surface area contributed by atoms with Gasteiger partial charge in [-0.25, -0.2) is 0 Å². The molecule has 1 aromatic rings. The SMILES string of the molecule is C=C[C@@H](C(=O)OC)[C@@](C)(O)C/C=C/c1ccccc1. The summed E-state index contributed by atoms with van der Waals surface area (Å²) >= 11 is 0. The third-order valence-electron chi connectivity index (χ3n) is 3.00. The van der Waals surface area contributed by atoms with Gasteiger partial charge in [0.2, 0.25) is 0 Å². The summed E-state index contributed by atoms with van der Waals surface area (Å²) in [6, 6.07) is 9.77. The summed E-state index contributed by atoms with van der Waals surface area (Å²) in [6.45, 7) is 5.18. The predicted octanol–water partition coefficient (Wildman–Crippen LogP) is 2.82. The fourth-order valence-electron chi connectivity index (χ4n) is 1.86. The van der Waals surface area contributed by atoms with E-state index in [0.717, 1.165) is 5.56 Å². The maximum absolute atomic E-state index is 11.5. The van der Waals surface area contributed by atoms with Gasteiger partial charge in [-0.3, -0.25) is 4.79 Å². The number of carbonyl (C=O) groups excluding carboxylic acids is 1. The average Bonchev–Trinajstić information content (AvgIpc) is 2.40. The van der Waals surface area contributed by atoms with E-state index in [2.05, 4.69) is 11.3 Å². The van der Waals surface area contributed by atoms with Gasteiger partial charge in [0.1, 0.15) is 5.92 Å². The van der Waals surface area contributed by atoms with Gasteiger partial charge in [0.25, 0.3) is 0 Å². The standard InChI is InChI=1S/C16H20O3/c1-4-14(15(17)19-3)16(2,18)12-8-11-13-9-6-5-7-10-13/h4-11,14,18H,1,12H2,2-3H3/b11-8+/t14-,16-/m0/s1. The normalized spacial score (nSPS) is 15.7. The van der Waals surface area contributed by atoms with Gasteiger partial charge in [0, 0.05) is 0 Å². The lowest BCUT2D eigenvalue weighted by molar-refractivity contribution is -0.151. The lowest BCUT2D eigenvalue weighted by atomic mass is 9.86. The van der Waals surface area contributed by atoms with E-state index < -0.39 is 17.5 Å². The van der Waals surface area contributed by atoms with Crippen LogP contribution in [0.2, 0.25) is 0 Å². The van der Waals surface area contributed by atoms with Gasteiger partial charge in [-0.1, -0.05) is 48.6 Å². The highest BCUT2D eigenvalue weighted by Gasteiger charge is 2.34. The van der Waals surface area contributed by atoms with Gasteiger partial charge in [-0.05, 0) is 18.9 Å². The van der Waals surface area contributed by atoms with E-state index in [0.29, 0.717) is 6.42 Å². The van der Waals surface area contributed by atoms with Gasteiger partial charge in [-0.2, -0.15) is 0 Å². The molecule has 0 heterocycles. The Bertz CT molecular complexity index is 446. The van der Waals surface area contributed by atoms with Gasteiger partial charge in [0.05, 0.1) is 12.7 Å². The molecule has 0 saturated carbocycles. The summed E-state index contributed by atoms with van der Waals surface area (Å²) < 4.78 is 4.66. The third-order valence-corrected chi connectivity index (χ3v) is 3.00. The summed E-state index contributed by atoms with van der Waals surface area (Å²) in [4.78, 5) is 11.5. The van der Waals surface area contributed by atoms with Crippen molar-refractivity contribution in [2.45, 2.75) is 18.9 Å². The van der Waals surface area contributed by atoms with E-state index in [1.807, 2.05) is 42.5 Å². The van der Waals surface area contributed by atoms with Crippen LogP contribution in [0.25, 0.3) is 6.08 Å². The van der Waals surface area contributed by atoms with Crippen LogP contribution in [0.1, 0.15) is 18.9 Å². The molecule has 0 unspecified atom stereocenters. The number of hydrogen-bond donors (Lipinski definition) is 1. The minimum Gasteiger partial charge on any atom is -0.468 e. The van der Waals surface area contributed by atoms with Gasteiger partial charge in [-0.15, -0.1) is 6.58 Å². The minimum atomic E-state index is -1.21. The van der Waals surface area contributed by atoms with E-state index >= 15 is 0 Å². The van der Waals surface area contributed by atoms with E-state index in [-0.39, 0.29) is 0 Å². The highest BCUT2D eigenvalue weighted by Crippen LogP contribution is 2.24. The molecule has 3 nitrogen and oxygen atoms in total. The molecule has 1 aromatic carbocycles. The van der Waals surface area contributed by atoms with Crippen LogP contribution in [0.5, 0.6) is 0 Å². The van der Waals surface area contributed by atoms with Crippen molar-refractivity contribution in [1.82, 2.24) is 0 Å². The first-order chi connectivity index (χ1) is 9.01. The van der Waals surface area contributed by atoms with Crippen molar-refractivity contribution in [2.75, 3.05) is 7.11 Å². The zero-order chi connectivity index (χ0) is 14.3. The summed E-state index contributed by atoms with van der Waals surface area (Å²) in [5, 5.41) is 10.3. The fourth-order valence-corrected chi connectivity index (χ4v) is 1.86.